The van der Waals surface area contributed by atoms with Gasteiger partial charge in [0.2, 0.25) is 10.0 Å². The Kier molecular flexibility index (Phi) is 7.04. The number of sulfonamides is 1. The normalized spacial score (nSPS) is 19.2. The molecule has 0 saturated carbocycles. The summed E-state index contributed by atoms with van der Waals surface area (Å²) in [7, 11) is -4.84. The number of halogens is 1. The van der Waals surface area contributed by atoms with Crippen LogP contribution in [0.1, 0.15) is 0 Å². The first kappa shape index (κ1) is 21.9. The van der Waals surface area contributed by atoms with E-state index in [1.54, 1.807) is 12.1 Å². The van der Waals surface area contributed by atoms with Crippen molar-refractivity contribution >= 4 is 49.1 Å². The first-order valence-corrected chi connectivity index (χ1v) is 11.8. The highest BCUT2D eigenvalue weighted by Crippen LogP contribution is 2.30. The third-order valence-corrected chi connectivity index (χ3v) is 7.11. The van der Waals surface area contributed by atoms with Gasteiger partial charge in [0.25, 0.3) is 0 Å². The summed E-state index contributed by atoms with van der Waals surface area (Å²) >= 11 is 3.64. The molecule has 11 heteroatoms. The number of hydrogen-bond acceptors (Lipinski definition) is 7. The van der Waals surface area contributed by atoms with Gasteiger partial charge >= 0.3 is 0 Å². The van der Waals surface area contributed by atoms with Crippen molar-refractivity contribution in [3.05, 3.63) is 48.5 Å². The molecule has 2 heterocycles. The van der Waals surface area contributed by atoms with Crippen molar-refractivity contribution < 1.29 is 17.3 Å². The summed E-state index contributed by atoms with van der Waals surface area (Å²) in [6.45, 7) is 3.86. The van der Waals surface area contributed by atoms with Gasteiger partial charge in [-0.25, -0.2) is 22.8 Å². The second kappa shape index (κ2) is 9.33. The van der Waals surface area contributed by atoms with Crippen LogP contribution < -0.4 is 10.0 Å². The van der Waals surface area contributed by atoms with Crippen molar-refractivity contribution in [2.75, 3.05) is 37.6 Å². The Morgan fingerprint density at radius 2 is 1.66 bits per heavy atom. The molecule has 3 N–H and O–H groups in total. The minimum atomic E-state index is -3.67. The van der Waals surface area contributed by atoms with Gasteiger partial charge in [0.1, 0.15) is 15.8 Å². The highest BCUT2D eigenvalue weighted by molar-refractivity contribution is 8.01. The number of primary sulfonamides is 1. The summed E-state index contributed by atoms with van der Waals surface area (Å²) in [5.74, 6) is 0. The number of rotatable bonds is 4. The number of nitrogens with zero attached hydrogens (tertiary/aromatic N) is 3. The largest absolute Gasteiger partial charge is 0.369 e. The van der Waals surface area contributed by atoms with Crippen molar-refractivity contribution in [1.29, 1.82) is 0 Å². The molecule has 2 aromatic carbocycles. The van der Waals surface area contributed by atoms with Crippen molar-refractivity contribution in [1.82, 2.24) is 4.90 Å². The molecule has 1 atom stereocenters. The molecule has 29 heavy (non-hydrogen) atoms. The lowest BCUT2D eigenvalue weighted by molar-refractivity contribution is 0.293. The molecule has 2 aromatic rings. The second-order valence-corrected chi connectivity index (χ2v) is 9.55. The van der Waals surface area contributed by atoms with E-state index in [9.17, 15) is 12.6 Å². The minimum Gasteiger partial charge on any atom is -0.369 e. The molecule has 2 aliphatic rings. The molecule has 0 amide bonds. The van der Waals surface area contributed by atoms with Gasteiger partial charge in [0, 0.05) is 38.4 Å². The summed E-state index contributed by atoms with van der Waals surface area (Å²) in [6.07, 6.45) is 0. The fourth-order valence-corrected chi connectivity index (χ4v) is 5.06. The molecule has 156 valence electrons. The molecule has 1 saturated heterocycles. The average Bonchev–Trinajstić information content (AvgIpc) is 3.05. The molecule has 0 aliphatic carbocycles. The standard InChI is InChI=1S/C18H20N4O3S2.ClHO/c19-27(24,25)15-7-5-14(6-8-15)22-11-9-21(10-12-22)13-18-20-16-3-1-2-4-17(16)26(18)23;1-2/h1-8H,9-13H2,(H2,19,24,25);2H. The number of fused-ring (bicyclic) bond motifs is 1. The first-order chi connectivity index (χ1) is 13.9. The zero-order valence-electron chi connectivity index (χ0n) is 15.4. The molecular formula is C18H21ClN4O4S2. The smallest absolute Gasteiger partial charge is 0.238 e. The van der Waals surface area contributed by atoms with E-state index >= 15 is 0 Å². The number of aliphatic imine (C=N–C) groups is 1. The van der Waals surface area contributed by atoms with Crippen molar-refractivity contribution in [2.45, 2.75) is 9.79 Å². The predicted molar refractivity (Wildman–Crippen MR) is 114 cm³/mol. The maximum Gasteiger partial charge on any atom is 0.238 e. The molecule has 0 radical (unpaired) electrons. The van der Waals surface area contributed by atoms with E-state index in [0.29, 0.717) is 11.6 Å². The van der Waals surface area contributed by atoms with Crippen LogP contribution >= 0.6 is 11.9 Å². The highest BCUT2D eigenvalue weighted by atomic mass is 35.5. The number of nitrogens with two attached hydrogens (primary N) is 1. The SMILES string of the molecule is NS(=O)(=O)c1ccc(N2CCN(CC3=Nc4ccccc4S3=O)CC2)cc1.OCl. The Hall–Kier alpha value is -1.82. The Balaban J connectivity index is 0.00000117. The quantitative estimate of drug-likeness (QED) is 0.719. The van der Waals surface area contributed by atoms with Gasteiger partial charge in [-0.3, -0.25) is 9.56 Å². The molecule has 4 rings (SSSR count). The maximum absolute atomic E-state index is 12.6. The van der Waals surface area contributed by atoms with Crippen molar-refractivity contribution in [3.63, 3.8) is 0 Å². The number of benzene rings is 2. The van der Waals surface area contributed by atoms with Crippen LogP contribution in [0, 0.1) is 0 Å². The number of piperazine rings is 1. The second-order valence-electron chi connectivity index (χ2n) is 6.54. The van der Waals surface area contributed by atoms with E-state index in [4.69, 9.17) is 9.80 Å². The predicted octanol–water partition coefficient (Wildman–Crippen LogP) is 1.44. The fraction of sp³-hybridized carbons (Fsp3) is 0.278. The van der Waals surface area contributed by atoms with Crippen LogP contribution in [0.15, 0.2) is 63.3 Å². The van der Waals surface area contributed by atoms with Gasteiger partial charge in [-0.1, -0.05) is 12.1 Å². The lowest BCUT2D eigenvalue weighted by Gasteiger charge is -2.36. The topological polar surface area (TPSA) is 116 Å². The van der Waals surface area contributed by atoms with Crippen molar-refractivity contribution in [3.8, 4) is 0 Å². The third kappa shape index (κ3) is 5.03. The molecule has 1 fully saturated rings. The molecule has 2 aliphatic heterocycles. The lowest BCUT2D eigenvalue weighted by Crippen LogP contribution is -2.48. The van der Waals surface area contributed by atoms with Gasteiger partial charge < -0.3 is 4.90 Å². The summed E-state index contributed by atoms with van der Waals surface area (Å²) in [5.41, 5.74) is 1.77. The van der Waals surface area contributed by atoms with Crippen LogP contribution in [0.4, 0.5) is 11.4 Å². The number of hydrogen-bond donors (Lipinski definition) is 2. The van der Waals surface area contributed by atoms with E-state index < -0.39 is 20.8 Å². The van der Waals surface area contributed by atoms with Crippen LogP contribution in [-0.4, -0.2) is 60.0 Å². The van der Waals surface area contributed by atoms with E-state index in [1.807, 2.05) is 24.3 Å². The van der Waals surface area contributed by atoms with Crippen LogP contribution in [0.5, 0.6) is 0 Å². The molecule has 1 unspecified atom stereocenters. The van der Waals surface area contributed by atoms with Gasteiger partial charge in [0.05, 0.1) is 27.3 Å². The average molecular weight is 457 g/mol. The first-order valence-electron chi connectivity index (χ1n) is 8.77. The maximum atomic E-state index is 12.6. The summed E-state index contributed by atoms with van der Waals surface area (Å²) in [5, 5.41) is 5.85. The zero-order valence-corrected chi connectivity index (χ0v) is 17.8. The Morgan fingerprint density at radius 3 is 2.24 bits per heavy atom. The third-order valence-electron chi connectivity index (χ3n) is 4.79. The van der Waals surface area contributed by atoms with Crippen LogP contribution in [0.2, 0.25) is 0 Å². The minimum absolute atomic E-state index is 0.117. The zero-order chi connectivity index (χ0) is 21.0. The van der Waals surface area contributed by atoms with E-state index in [0.717, 1.165) is 42.4 Å². The number of para-hydroxylation sites is 1. The molecule has 0 spiro atoms. The van der Waals surface area contributed by atoms with E-state index in [-0.39, 0.29) is 4.90 Å². The van der Waals surface area contributed by atoms with Crippen LogP contribution in [-0.2, 0) is 20.8 Å². The lowest BCUT2D eigenvalue weighted by atomic mass is 10.2. The summed E-state index contributed by atoms with van der Waals surface area (Å²) < 4.78 is 41.7. The highest BCUT2D eigenvalue weighted by Gasteiger charge is 2.26. The van der Waals surface area contributed by atoms with Crippen molar-refractivity contribution in [2.24, 2.45) is 10.1 Å². The molecule has 0 aromatic heterocycles. The van der Waals surface area contributed by atoms with Gasteiger partial charge in [-0.15, -0.1) is 0 Å². The van der Waals surface area contributed by atoms with Gasteiger partial charge in [-0.05, 0) is 36.4 Å². The fourth-order valence-electron chi connectivity index (χ4n) is 3.31. The van der Waals surface area contributed by atoms with Gasteiger partial charge in [0.15, 0.2) is 0 Å². The van der Waals surface area contributed by atoms with Crippen LogP contribution in [0.3, 0.4) is 0 Å². The molecular weight excluding hydrogens is 436 g/mol. The Labute approximate surface area is 177 Å². The summed E-state index contributed by atoms with van der Waals surface area (Å²) in [4.78, 5) is 9.89. The summed E-state index contributed by atoms with van der Waals surface area (Å²) in [6, 6.07) is 14.2. The molecule has 8 nitrogen and oxygen atoms in total. The monoisotopic (exact) mass is 456 g/mol. The van der Waals surface area contributed by atoms with E-state index in [1.165, 1.54) is 12.1 Å². The van der Waals surface area contributed by atoms with Gasteiger partial charge in [-0.2, -0.15) is 0 Å². The van der Waals surface area contributed by atoms with Crippen LogP contribution in [0.25, 0.3) is 0 Å². The molecule has 0 bridgehead atoms. The Bertz CT molecular complexity index is 1020. The Morgan fingerprint density at radius 1 is 1.03 bits per heavy atom. The van der Waals surface area contributed by atoms with E-state index in [2.05, 4.69) is 26.7 Å². The number of anilines is 1.